The number of rotatable bonds is 6. The summed E-state index contributed by atoms with van der Waals surface area (Å²) < 4.78 is 7.51. The van der Waals surface area contributed by atoms with Gasteiger partial charge in [0.15, 0.2) is 5.78 Å². The van der Waals surface area contributed by atoms with Crippen molar-refractivity contribution in [2.75, 3.05) is 20.3 Å². The molecule has 0 spiro atoms. The number of nitrogens with two attached hydrogens (primary N) is 1. The van der Waals surface area contributed by atoms with Gasteiger partial charge in [-0.2, -0.15) is 5.10 Å². The third kappa shape index (κ3) is 2.75. The van der Waals surface area contributed by atoms with Gasteiger partial charge in [-0.1, -0.05) is 12.8 Å². The molecule has 5 nitrogen and oxygen atoms in total. The summed E-state index contributed by atoms with van der Waals surface area (Å²) in [5.74, 6) is 0.118. The Morgan fingerprint density at radius 3 is 2.84 bits per heavy atom. The van der Waals surface area contributed by atoms with E-state index in [1.165, 1.54) is 0 Å². The standard InChI is InChI=1S/C13H20BrN3O2/c1-19-7-6-17-11(10(14)8-16-17)12(18)13(9-15)4-2-3-5-13/h8H,2-7,9,15H2,1H3. The van der Waals surface area contributed by atoms with Crippen molar-refractivity contribution < 1.29 is 9.53 Å². The van der Waals surface area contributed by atoms with Crippen LogP contribution >= 0.6 is 15.9 Å². The molecule has 1 saturated carbocycles. The number of aromatic nitrogens is 2. The highest BCUT2D eigenvalue weighted by Gasteiger charge is 2.42. The van der Waals surface area contributed by atoms with Gasteiger partial charge in [0, 0.05) is 19.1 Å². The van der Waals surface area contributed by atoms with Crippen LogP contribution in [-0.4, -0.2) is 35.8 Å². The number of Topliss-reactive ketones (excluding diaryl/α,β-unsaturated/α-hetero) is 1. The normalized spacial score (nSPS) is 17.8. The molecule has 1 aliphatic carbocycles. The minimum absolute atomic E-state index is 0.118. The largest absolute Gasteiger partial charge is 0.383 e. The zero-order valence-corrected chi connectivity index (χ0v) is 12.8. The Bertz CT molecular complexity index is 453. The summed E-state index contributed by atoms with van der Waals surface area (Å²) in [5.41, 5.74) is 6.12. The van der Waals surface area contributed by atoms with Crippen molar-refractivity contribution in [1.82, 2.24) is 9.78 Å². The van der Waals surface area contributed by atoms with E-state index in [0.717, 1.165) is 30.2 Å². The lowest BCUT2D eigenvalue weighted by molar-refractivity contribution is 0.0793. The Morgan fingerprint density at radius 2 is 2.26 bits per heavy atom. The molecule has 0 aromatic carbocycles. The van der Waals surface area contributed by atoms with Crippen molar-refractivity contribution in [2.45, 2.75) is 32.2 Å². The molecule has 1 aliphatic rings. The van der Waals surface area contributed by atoms with E-state index in [2.05, 4.69) is 21.0 Å². The number of ether oxygens (including phenoxy) is 1. The molecule has 0 unspecified atom stereocenters. The van der Waals surface area contributed by atoms with E-state index in [4.69, 9.17) is 10.5 Å². The van der Waals surface area contributed by atoms with Gasteiger partial charge in [-0.05, 0) is 28.8 Å². The summed E-state index contributed by atoms with van der Waals surface area (Å²) in [7, 11) is 1.64. The molecule has 106 valence electrons. The van der Waals surface area contributed by atoms with Gasteiger partial charge in [-0.15, -0.1) is 0 Å². The SMILES string of the molecule is COCCn1ncc(Br)c1C(=O)C1(CN)CCCC1. The molecule has 1 heterocycles. The second kappa shape index (κ2) is 6.15. The average molecular weight is 330 g/mol. The maximum atomic E-state index is 12.9. The van der Waals surface area contributed by atoms with E-state index < -0.39 is 5.41 Å². The van der Waals surface area contributed by atoms with Crippen LogP contribution in [0.2, 0.25) is 0 Å². The third-order valence-corrected chi connectivity index (χ3v) is 4.53. The number of carbonyl (C=O) groups excluding carboxylic acids is 1. The average Bonchev–Trinajstić information content (AvgIpc) is 3.03. The Hall–Kier alpha value is -0.720. The van der Waals surface area contributed by atoms with Gasteiger partial charge in [-0.3, -0.25) is 9.48 Å². The fourth-order valence-corrected chi connectivity index (χ4v) is 3.24. The first kappa shape index (κ1) is 14.7. The number of halogens is 1. The monoisotopic (exact) mass is 329 g/mol. The molecule has 0 radical (unpaired) electrons. The number of ketones is 1. The Morgan fingerprint density at radius 1 is 1.58 bits per heavy atom. The zero-order chi connectivity index (χ0) is 13.9. The summed E-state index contributed by atoms with van der Waals surface area (Å²) >= 11 is 3.42. The molecule has 0 atom stereocenters. The number of hydrogen-bond acceptors (Lipinski definition) is 4. The van der Waals surface area contributed by atoms with Crippen LogP contribution in [0.3, 0.4) is 0 Å². The molecule has 0 aliphatic heterocycles. The maximum absolute atomic E-state index is 12.9. The van der Waals surface area contributed by atoms with Crippen molar-refractivity contribution in [1.29, 1.82) is 0 Å². The number of hydrogen-bond donors (Lipinski definition) is 1. The highest BCUT2D eigenvalue weighted by atomic mass is 79.9. The quantitative estimate of drug-likeness (QED) is 0.810. The van der Waals surface area contributed by atoms with Crippen molar-refractivity contribution in [3.8, 4) is 0 Å². The first-order valence-electron chi connectivity index (χ1n) is 6.60. The smallest absolute Gasteiger partial charge is 0.189 e. The number of methoxy groups -OCH3 is 1. The lowest BCUT2D eigenvalue weighted by Crippen LogP contribution is -2.37. The fraction of sp³-hybridized carbons (Fsp3) is 0.692. The first-order valence-corrected chi connectivity index (χ1v) is 7.39. The molecule has 2 N–H and O–H groups in total. The van der Waals surface area contributed by atoms with Gasteiger partial charge in [0.25, 0.3) is 0 Å². The molecule has 19 heavy (non-hydrogen) atoms. The number of nitrogens with zero attached hydrogens (tertiary/aromatic N) is 2. The fourth-order valence-electron chi connectivity index (χ4n) is 2.76. The van der Waals surface area contributed by atoms with E-state index in [1.807, 2.05) is 0 Å². The van der Waals surface area contributed by atoms with Crippen LogP contribution < -0.4 is 5.73 Å². The van der Waals surface area contributed by atoms with Crippen molar-refractivity contribution in [3.63, 3.8) is 0 Å². The van der Waals surface area contributed by atoms with Gasteiger partial charge >= 0.3 is 0 Å². The highest BCUT2D eigenvalue weighted by Crippen LogP contribution is 2.41. The summed E-state index contributed by atoms with van der Waals surface area (Å²) in [6.07, 6.45) is 5.58. The van der Waals surface area contributed by atoms with E-state index in [9.17, 15) is 4.79 Å². The Balaban J connectivity index is 2.29. The van der Waals surface area contributed by atoms with Gasteiger partial charge < -0.3 is 10.5 Å². The van der Waals surface area contributed by atoms with Crippen LogP contribution in [0.15, 0.2) is 10.7 Å². The van der Waals surface area contributed by atoms with Crippen LogP contribution in [-0.2, 0) is 11.3 Å². The topological polar surface area (TPSA) is 70.1 Å². The molecule has 0 amide bonds. The lowest BCUT2D eigenvalue weighted by Gasteiger charge is -2.25. The Kier molecular flexibility index (Phi) is 4.76. The first-order chi connectivity index (χ1) is 9.14. The van der Waals surface area contributed by atoms with Crippen LogP contribution in [0.4, 0.5) is 0 Å². The molecule has 1 aromatic rings. The van der Waals surface area contributed by atoms with Crippen LogP contribution in [0.25, 0.3) is 0 Å². The minimum Gasteiger partial charge on any atom is -0.383 e. The molecule has 0 saturated heterocycles. The van der Waals surface area contributed by atoms with Gasteiger partial charge in [-0.25, -0.2) is 0 Å². The van der Waals surface area contributed by atoms with E-state index in [0.29, 0.717) is 25.4 Å². The van der Waals surface area contributed by atoms with Crippen molar-refractivity contribution >= 4 is 21.7 Å². The third-order valence-electron chi connectivity index (χ3n) is 3.95. The Labute approximate surface area is 121 Å². The predicted molar refractivity (Wildman–Crippen MR) is 76.1 cm³/mol. The maximum Gasteiger partial charge on any atom is 0.189 e. The highest BCUT2D eigenvalue weighted by molar-refractivity contribution is 9.10. The molecule has 1 aromatic heterocycles. The lowest BCUT2D eigenvalue weighted by atomic mass is 9.80. The van der Waals surface area contributed by atoms with Crippen molar-refractivity contribution in [2.24, 2.45) is 11.1 Å². The molecule has 2 rings (SSSR count). The molecular formula is C13H20BrN3O2. The molecule has 0 bridgehead atoms. The van der Waals surface area contributed by atoms with Crippen molar-refractivity contribution in [3.05, 3.63) is 16.4 Å². The second-order valence-electron chi connectivity index (χ2n) is 5.08. The van der Waals surface area contributed by atoms with Gasteiger partial charge in [0.2, 0.25) is 0 Å². The number of carbonyl (C=O) groups is 1. The minimum atomic E-state index is -0.395. The van der Waals surface area contributed by atoms with Gasteiger partial charge in [0.05, 0.1) is 23.8 Å². The van der Waals surface area contributed by atoms with Gasteiger partial charge in [0.1, 0.15) is 5.69 Å². The van der Waals surface area contributed by atoms with E-state index in [1.54, 1.807) is 18.0 Å². The predicted octanol–water partition coefficient (Wildman–Crippen LogP) is 1.99. The molecule has 6 heteroatoms. The molecule has 1 fully saturated rings. The van der Waals surface area contributed by atoms with Crippen LogP contribution in [0, 0.1) is 5.41 Å². The van der Waals surface area contributed by atoms with E-state index in [-0.39, 0.29) is 5.78 Å². The van der Waals surface area contributed by atoms with Crippen LogP contribution in [0.1, 0.15) is 36.2 Å². The second-order valence-corrected chi connectivity index (χ2v) is 5.93. The van der Waals surface area contributed by atoms with E-state index >= 15 is 0 Å². The van der Waals surface area contributed by atoms with Crippen LogP contribution in [0.5, 0.6) is 0 Å². The summed E-state index contributed by atoms with van der Waals surface area (Å²) in [4.78, 5) is 12.9. The molecular weight excluding hydrogens is 310 g/mol. The zero-order valence-electron chi connectivity index (χ0n) is 11.2. The summed E-state index contributed by atoms with van der Waals surface area (Å²) in [6, 6.07) is 0. The summed E-state index contributed by atoms with van der Waals surface area (Å²) in [6.45, 7) is 1.52. The summed E-state index contributed by atoms with van der Waals surface area (Å²) in [5, 5.41) is 4.24.